The van der Waals surface area contributed by atoms with Gasteiger partial charge in [-0.2, -0.15) is 4.98 Å². The average Bonchev–Trinajstić information content (AvgIpc) is 2.15. The van der Waals surface area contributed by atoms with Gasteiger partial charge in [-0.1, -0.05) is 0 Å². The van der Waals surface area contributed by atoms with Crippen LogP contribution in [0.15, 0.2) is 11.1 Å². The lowest BCUT2D eigenvalue weighted by molar-refractivity contribution is 0.144. The molecular weight excluding hydrogens is 271 g/mol. The van der Waals surface area contributed by atoms with Gasteiger partial charge in [-0.05, 0) is 0 Å². The zero-order chi connectivity index (χ0) is 12.5. The van der Waals surface area contributed by atoms with E-state index in [9.17, 15) is 21.6 Å². The van der Waals surface area contributed by atoms with Gasteiger partial charge >= 0.3 is 0 Å². The second kappa shape index (κ2) is 4.46. The molecule has 1 aromatic rings. The molecule has 0 aliphatic heterocycles. The van der Waals surface area contributed by atoms with Crippen LogP contribution in [0.4, 0.5) is 13.2 Å². The molecule has 0 fully saturated rings. The summed E-state index contributed by atoms with van der Waals surface area (Å²) in [7, 11) is 1.36. The van der Waals surface area contributed by atoms with E-state index < -0.39 is 37.8 Å². The minimum absolute atomic E-state index is 0.462. The fourth-order valence-corrected chi connectivity index (χ4v) is 1.76. The Balaban J connectivity index is 3.56. The number of aromatic nitrogens is 1. The van der Waals surface area contributed by atoms with Crippen LogP contribution in [0.3, 0.4) is 0 Å². The number of ether oxygens (including phenoxy) is 1. The van der Waals surface area contributed by atoms with Gasteiger partial charge in [0.1, 0.15) is 0 Å². The van der Waals surface area contributed by atoms with Crippen LogP contribution in [0.5, 0.6) is 5.88 Å². The molecule has 16 heavy (non-hydrogen) atoms. The standard InChI is InChI=1S/C7H5ClF3NO3S/c1-15-4-2-3(6(10)11)5(9)7(12-4)16(8,13)14/h2,6H,1H3. The maximum atomic E-state index is 13.3. The second-order valence-electron chi connectivity index (χ2n) is 2.61. The molecule has 0 spiro atoms. The Hall–Kier alpha value is -1.02. The van der Waals surface area contributed by atoms with Crippen LogP contribution in [-0.2, 0) is 9.05 Å². The third kappa shape index (κ3) is 2.56. The molecule has 0 saturated carbocycles. The predicted molar refractivity (Wildman–Crippen MR) is 48.7 cm³/mol. The van der Waals surface area contributed by atoms with Crippen LogP contribution in [0, 0.1) is 5.82 Å². The summed E-state index contributed by atoms with van der Waals surface area (Å²) in [6.07, 6.45) is -3.20. The molecule has 0 atom stereocenters. The van der Waals surface area contributed by atoms with Crippen molar-refractivity contribution in [2.24, 2.45) is 0 Å². The highest BCUT2D eigenvalue weighted by atomic mass is 35.7. The molecule has 0 N–H and O–H groups in total. The van der Waals surface area contributed by atoms with Gasteiger partial charge in [-0.15, -0.1) is 0 Å². The molecule has 0 aliphatic carbocycles. The number of hydrogen-bond acceptors (Lipinski definition) is 4. The van der Waals surface area contributed by atoms with Crippen molar-refractivity contribution in [3.8, 4) is 5.88 Å². The first kappa shape index (κ1) is 13.0. The Bertz CT molecular complexity index is 506. The molecule has 1 rings (SSSR count). The summed E-state index contributed by atoms with van der Waals surface area (Å²) in [5, 5.41) is -1.27. The van der Waals surface area contributed by atoms with Crippen LogP contribution in [0.1, 0.15) is 12.0 Å². The lowest BCUT2D eigenvalue weighted by atomic mass is 10.2. The van der Waals surface area contributed by atoms with E-state index in [2.05, 4.69) is 9.72 Å². The zero-order valence-electron chi connectivity index (χ0n) is 7.75. The third-order valence-corrected chi connectivity index (χ3v) is 2.78. The molecule has 0 radical (unpaired) electrons. The normalized spacial score (nSPS) is 11.9. The van der Waals surface area contributed by atoms with Gasteiger partial charge in [0, 0.05) is 16.7 Å². The molecule has 0 saturated heterocycles. The van der Waals surface area contributed by atoms with Crippen molar-refractivity contribution in [2.45, 2.75) is 11.5 Å². The molecule has 9 heteroatoms. The van der Waals surface area contributed by atoms with E-state index in [4.69, 9.17) is 10.7 Å². The Morgan fingerprint density at radius 2 is 2.06 bits per heavy atom. The maximum Gasteiger partial charge on any atom is 0.281 e. The van der Waals surface area contributed by atoms with E-state index in [-0.39, 0.29) is 0 Å². The SMILES string of the molecule is COc1cc(C(F)F)c(F)c(S(=O)(=O)Cl)n1. The van der Waals surface area contributed by atoms with Crippen molar-refractivity contribution < 1.29 is 26.3 Å². The van der Waals surface area contributed by atoms with E-state index in [1.165, 1.54) is 0 Å². The van der Waals surface area contributed by atoms with Crippen molar-refractivity contribution in [2.75, 3.05) is 7.11 Å². The lowest BCUT2D eigenvalue weighted by Crippen LogP contribution is -2.05. The van der Waals surface area contributed by atoms with E-state index >= 15 is 0 Å². The zero-order valence-corrected chi connectivity index (χ0v) is 9.32. The van der Waals surface area contributed by atoms with Crippen LogP contribution in [0.2, 0.25) is 0 Å². The molecule has 0 aromatic carbocycles. The van der Waals surface area contributed by atoms with E-state index in [0.717, 1.165) is 7.11 Å². The van der Waals surface area contributed by atoms with Gasteiger partial charge in [-0.3, -0.25) is 0 Å². The molecule has 90 valence electrons. The largest absolute Gasteiger partial charge is 0.481 e. The number of hydrogen-bond donors (Lipinski definition) is 0. The summed E-state index contributed by atoms with van der Waals surface area (Å²) in [5.74, 6) is -2.14. The number of halogens is 4. The molecule has 1 heterocycles. The average molecular weight is 276 g/mol. The Morgan fingerprint density at radius 3 is 2.44 bits per heavy atom. The smallest absolute Gasteiger partial charge is 0.281 e. The van der Waals surface area contributed by atoms with Crippen molar-refractivity contribution in [3.63, 3.8) is 0 Å². The van der Waals surface area contributed by atoms with Crippen LogP contribution < -0.4 is 4.74 Å². The van der Waals surface area contributed by atoms with Crippen LogP contribution in [0.25, 0.3) is 0 Å². The summed E-state index contributed by atoms with van der Waals surface area (Å²) in [5.41, 5.74) is -1.13. The first-order valence-electron chi connectivity index (χ1n) is 3.74. The van der Waals surface area contributed by atoms with Gasteiger partial charge in [0.05, 0.1) is 12.7 Å². The molecule has 0 aliphatic rings. The molecule has 0 amide bonds. The second-order valence-corrected chi connectivity index (χ2v) is 5.09. The highest BCUT2D eigenvalue weighted by molar-refractivity contribution is 8.13. The summed E-state index contributed by atoms with van der Waals surface area (Å²) in [4.78, 5) is 3.15. The van der Waals surface area contributed by atoms with Crippen molar-refractivity contribution in [1.29, 1.82) is 0 Å². The van der Waals surface area contributed by atoms with Crippen LogP contribution in [-0.4, -0.2) is 20.5 Å². The Morgan fingerprint density at radius 1 is 1.50 bits per heavy atom. The van der Waals surface area contributed by atoms with Gasteiger partial charge in [0.25, 0.3) is 15.5 Å². The molecule has 0 unspecified atom stereocenters. The first-order valence-corrected chi connectivity index (χ1v) is 6.05. The third-order valence-electron chi connectivity index (χ3n) is 1.61. The number of nitrogens with zero attached hydrogens (tertiary/aromatic N) is 1. The highest BCUT2D eigenvalue weighted by Crippen LogP contribution is 2.29. The van der Waals surface area contributed by atoms with E-state index in [0.29, 0.717) is 6.07 Å². The van der Waals surface area contributed by atoms with Crippen molar-refractivity contribution in [3.05, 3.63) is 17.4 Å². The Kier molecular flexibility index (Phi) is 3.64. The summed E-state index contributed by atoms with van der Waals surface area (Å²) in [6, 6.07) is 0.603. The van der Waals surface area contributed by atoms with Crippen LogP contribution >= 0.6 is 10.7 Å². The molecular formula is C7H5ClF3NO3S. The number of alkyl halides is 2. The topological polar surface area (TPSA) is 56.3 Å². The minimum atomic E-state index is -4.55. The first-order chi connectivity index (χ1) is 7.27. The fraction of sp³-hybridized carbons (Fsp3) is 0.286. The highest BCUT2D eigenvalue weighted by Gasteiger charge is 2.26. The van der Waals surface area contributed by atoms with Crippen molar-refractivity contribution >= 4 is 19.7 Å². The Labute approximate surface area is 93.4 Å². The lowest BCUT2D eigenvalue weighted by Gasteiger charge is -2.07. The van der Waals surface area contributed by atoms with Gasteiger partial charge in [0.15, 0.2) is 5.82 Å². The minimum Gasteiger partial charge on any atom is -0.481 e. The van der Waals surface area contributed by atoms with E-state index in [1.807, 2.05) is 0 Å². The molecule has 0 bridgehead atoms. The van der Waals surface area contributed by atoms with Gasteiger partial charge in [0.2, 0.25) is 10.9 Å². The summed E-state index contributed by atoms with van der Waals surface area (Å²) in [6.45, 7) is 0. The molecule has 4 nitrogen and oxygen atoms in total. The monoisotopic (exact) mass is 275 g/mol. The summed E-state index contributed by atoms with van der Waals surface area (Å²) >= 11 is 0. The molecule has 1 aromatic heterocycles. The summed E-state index contributed by atoms with van der Waals surface area (Å²) < 4.78 is 64.2. The van der Waals surface area contributed by atoms with Crippen molar-refractivity contribution in [1.82, 2.24) is 4.98 Å². The van der Waals surface area contributed by atoms with Gasteiger partial charge < -0.3 is 4.74 Å². The number of rotatable bonds is 3. The fourth-order valence-electron chi connectivity index (χ4n) is 0.926. The van der Waals surface area contributed by atoms with E-state index in [1.54, 1.807) is 0 Å². The van der Waals surface area contributed by atoms with Gasteiger partial charge in [-0.25, -0.2) is 21.6 Å². The quantitative estimate of drug-likeness (QED) is 0.793. The number of pyridine rings is 1. The maximum absolute atomic E-state index is 13.3. The predicted octanol–water partition coefficient (Wildman–Crippen LogP) is 2.09. The number of methoxy groups -OCH3 is 1.